The van der Waals surface area contributed by atoms with Crippen LogP contribution in [0.15, 0.2) is 18.2 Å². The average molecular weight is 252 g/mol. The van der Waals surface area contributed by atoms with Gasteiger partial charge in [0.05, 0.1) is 0 Å². The third kappa shape index (κ3) is 3.48. The fourth-order valence-electron chi connectivity index (χ4n) is 1.28. The molecular formula is C13H16O5. The van der Waals surface area contributed by atoms with Crippen molar-refractivity contribution in [2.75, 3.05) is 0 Å². The standard InChI is InChI=1S/C13H16O5/c1-8-7-10(17-9(2)14)5-6-11(8)18-13(3,4)12(15)16/h5-7H,1-4H3,(H,15,16). The molecule has 98 valence electrons. The zero-order valence-electron chi connectivity index (χ0n) is 10.8. The Morgan fingerprint density at radius 1 is 1.28 bits per heavy atom. The first-order valence-electron chi connectivity index (χ1n) is 5.44. The summed E-state index contributed by atoms with van der Waals surface area (Å²) in [6, 6.07) is 4.76. The summed E-state index contributed by atoms with van der Waals surface area (Å²) in [7, 11) is 0. The van der Waals surface area contributed by atoms with Gasteiger partial charge in [0.15, 0.2) is 5.60 Å². The van der Waals surface area contributed by atoms with Crippen molar-refractivity contribution in [1.29, 1.82) is 0 Å². The number of benzene rings is 1. The Labute approximate surface area is 105 Å². The number of aliphatic carboxylic acids is 1. The van der Waals surface area contributed by atoms with E-state index in [1.807, 2.05) is 0 Å². The fourth-order valence-corrected chi connectivity index (χ4v) is 1.28. The largest absolute Gasteiger partial charge is 0.478 e. The summed E-state index contributed by atoms with van der Waals surface area (Å²) in [5.41, 5.74) is -0.615. The fraction of sp³-hybridized carbons (Fsp3) is 0.385. The van der Waals surface area contributed by atoms with E-state index in [1.165, 1.54) is 20.8 Å². The minimum Gasteiger partial charge on any atom is -0.478 e. The maximum Gasteiger partial charge on any atom is 0.347 e. The lowest BCUT2D eigenvalue weighted by atomic mass is 10.1. The van der Waals surface area contributed by atoms with E-state index in [1.54, 1.807) is 25.1 Å². The first kappa shape index (κ1) is 14.0. The number of rotatable bonds is 4. The first-order chi connectivity index (χ1) is 8.22. The highest BCUT2D eigenvalue weighted by Crippen LogP contribution is 2.27. The number of carboxylic acids is 1. The third-order valence-electron chi connectivity index (χ3n) is 2.29. The van der Waals surface area contributed by atoms with E-state index in [2.05, 4.69) is 0 Å². The lowest BCUT2D eigenvalue weighted by Gasteiger charge is -2.22. The van der Waals surface area contributed by atoms with Gasteiger partial charge >= 0.3 is 11.9 Å². The van der Waals surface area contributed by atoms with Crippen molar-refractivity contribution in [1.82, 2.24) is 0 Å². The van der Waals surface area contributed by atoms with Gasteiger partial charge < -0.3 is 14.6 Å². The smallest absolute Gasteiger partial charge is 0.347 e. The minimum absolute atomic E-state index is 0.403. The Bertz CT molecular complexity index is 476. The van der Waals surface area contributed by atoms with E-state index in [9.17, 15) is 9.59 Å². The summed E-state index contributed by atoms with van der Waals surface area (Å²) < 4.78 is 10.3. The molecule has 1 N–H and O–H groups in total. The predicted octanol–water partition coefficient (Wildman–Crippen LogP) is 2.16. The van der Waals surface area contributed by atoms with Crippen molar-refractivity contribution in [2.24, 2.45) is 0 Å². The van der Waals surface area contributed by atoms with E-state index in [0.29, 0.717) is 17.1 Å². The van der Waals surface area contributed by atoms with Crippen LogP contribution in [-0.4, -0.2) is 22.6 Å². The average Bonchev–Trinajstić information content (AvgIpc) is 2.21. The topological polar surface area (TPSA) is 72.8 Å². The second kappa shape index (κ2) is 5.08. The first-order valence-corrected chi connectivity index (χ1v) is 5.44. The SMILES string of the molecule is CC(=O)Oc1ccc(OC(C)(C)C(=O)O)c(C)c1. The van der Waals surface area contributed by atoms with Crippen molar-refractivity contribution in [3.63, 3.8) is 0 Å². The van der Waals surface area contributed by atoms with Crippen LogP contribution in [0.2, 0.25) is 0 Å². The Morgan fingerprint density at radius 2 is 1.89 bits per heavy atom. The molecule has 0 amide bonds. The summed E-state index contributed by atoms with van der Waals surface area (Å²) in [6.07, 6.45) is 0. The Hall–Kier alpha value is -2.04. The summed E-state index contributed by atoms with van der Waals surface area (Å²) in [4.78, 5) is 21.8. The molecule has 1 rings (SSSR count). The normalized spacial score (nSPS) is 10.9. The molecule has 0 fully saturated rings. The number of ether oxygens (including phenoxy) is 2. The minimum atomic E-state index is -1.31. The molecule has 0 aliphatic heterocycles. The molecule has 0 atom stereocenters. The van der Waals surface area contributed by atoms with Crippen LogP contribution in [0.1, 0.15) is 26.3 Å². The Kier molecular flexibility index (Phi) is 3.96. The number of hydrogen-bond donors (Lipinski definition) is 1. The van der Waals surface area contributed by atoms with Gasteiger partial charge in [-0.2, -0.15) is 0 Å². The van der Waals surface area contributed by atoms with Crippen molar-refractivity contribution in [3.05, 3.63) is 23.8 Å². The zero-order valence-corrected chi connectivity index (χ0v) is 10.8. The second-order valence-electron chi connectivity index (χ2n) is 4.44. The monoisotopic (exact) mass is 252 g/mol. The number of esters is 1. The van der Waals surface area contributed by atoms with Gasteiger partial charge in [0, 0.05) is 6.92 Å². The van der Waals surface area contributed by atoms with Crippen LogP contribution in [0, 0.1) is 6.92 Å². The molecule has 1 aromatic carbocycles. The van der Waals surface area contributed by atoms with Crippen LogP contribution in [0.5, 0.6) is 11.5 Å². The van der Waals surface area contributed by atoms with Gasteiger partial charge in [-0.3, -0.25) is 4.79 Å². The van der Waals surface area contributed by atoms with Crippen molar-refractivity contribution in [3.8, 4) is 11.5 Å². The second-order valence-corrected chi connectivity index (χ2v) is 4.44. The zero-order chi connectivity index (χ0) is 13.9. The highest BCUT2D eigenvalue weighted by atomic mass is 16.5. The molecule has 0 saturated carbocycles. The van der Waals surface area contributed by atoms with E-state index in [4.69, 9.17) is 14.6 Å². The maximum atomic E-state index is 11.0. The van der Waals surface area contributed by atoms with Gasteiger partial charge in [0.2, 0.25) is 0 Å². The van der Waals surface area contributed by atoms with Gasteiger partial charge in [-0.25, -0.2) is 4.79 Å². The van der Waals surface area contributed by atoms with Gasteiger partial charge in [0.1, 0.15) is 11.5 Å². The van der Waals surface area contributed by atoms with E-state index in [0.717, 1.165) is 0 Å². The molecule has 0 spiro atoms. The lowest BCUT2D eigenvalue weighted by molar-refractivity contribution is -0.152. The summed E-state index contributed by atoms with van der Waals surface area (Å²) >= 11 is 0. The summed E-state index contributed by atoms with van der Waals surface area (Å²) in [5.74, 6) is -0.612. The third-order valence-corrected chi connectivity index (χ3v) is 2.29. The molecule has 0 aliphatic carbocycles. The highest BCUT2D eigenvalue weighted by Gasteiger charge is 2.29. The van der Waals surface area contributed by atoms with Crippen LogP contribution in [-0.2, 0) is 9.59 Å². The van der Waals surface area contributed by atoms with Crippen LogP contribution in [0.25, 0.3) is 0 Å². The van der Waals surface area contributed by atoms with Gasteiger partial charge in [-0.05, 0) is 44.5 Å². The molecular weight excluding hydrogens is 236 g/mol. The van der Waals surface area contributed by atoms with Crippen molar-refractivity contribution >= 4 is 11.9 Å². The molecule has 0 radical (unpaired) electrons. The molecule has 0 unspecified atom stereocenters. The van der Waals surface area contributed by atoms with Crippen LogP contribution in [0.4, 0.5) is 0 Å². The molecule has 0 heterocycles. The van der Waals surface area contributed by atoms with Gasteiger partial charge in [-0.15, -0.1) is 0 Å². The van der Waals surface area contributed by atoms with Crippen LogP contribution < -0.4 is 9.47 Å². The number of carboxylic acid groups (broad SMARTS) is 1. The predicted molar refractivity (Wildman–Crippen MR) is 64.8 cm³/mol. The van der Waals surface area contributed by atoms with Gasteiger partial charge in [-0.1, -0.05) is 0 Å². The molecule has 0 aromatic heterocycles. The lowest BCUT2D eigenvalue weighted by Crippen LogP contribution is -2.38. The Morgan fingerprint density at radius 3 is 2.33 bits per heavy atom. The van der Waals surface area contributed by atoms with Gasteiger partial charge in [0.25, 0.3) is 0 Å². The molecule has 0 bridgehead atoms. The molecule has 0 aliphatic rings. The number of carbonyl (C=O) groups excluding carboxylic acids is 1. The number of carbonyl (C=O) groups is 2. The maximum absolute atomic E-state index is 11.0. The number of aryl methyl sites for hydroxylation is 1. The number of hydrogen-bond acceptors (Lipinski definition) is 4. The van der Waals surface area contributed by atoms with Crippen molar-refractivity contribution < 1.29 is 24.2 Å². The molecule has 5 nitrogen and oxygen atoms in total. The Balaban J connectivity index is 2.93. The van der Waals surface area contributed by atoms with E-state index < -0.39 is 17.5 Å². The molecule has 5 heteroatoms. The molecule has 1 aromatic rings. The molecule has 0 saturated heterocycles. The summed E-state index contributed by atoms with van der Waals surface area (Å²) in [6.45, 7) is 6.00. The van der Waals surface area contributed by atoms with Crippen LogP contribution >= 0.6 is 0 Å². The van der Waals surface area contributed by atoms with Crippen molar-refractivity contribution in [2.45, 2.75) is 33.3 Å². The van der Waals surface area contributed by atoms with E-state index >= 15 is 0 Å². The van der Waals surface area contributed by atoms with E-state index in [-0.39, 0.29) is 0 Å². The quantitative estimate of drug-likeness (QED) is 0.656. The highest BCUT2D eigenvalue weighted by molar-refractivity contribution is 5.77. The van der Waals surface area contributed by atoms with Crippen LogP contribution in [0.3, 0.4) is 0 Å². The summed E-state index contributed by atoms with van der Waals surface area (Å²) in [5, 5.41) is 8.97. The molecule has 18 heavy (non-hydrogen) atoms.